The molecule has 0 radical (unpaired) electrons. The fourth-order valence-corrected chi connectivity index (χ4v) is 5.03. The van der Waals surface area contributed by atoms with Gasteiger partial charge in [0.1, 0.15) is 5.82 Å². The molecule has 0 aliphatic carbocycles. The first-order valence-corrected chi connectivity index (χ1v) is 12.2. The van der Waals surface area contributed by atoms with Gasteiger partial charge in [0, 0.05) is 63.5 Å². The number of carbonyl (C=O) groups excluding carboxylic acids is 1. The molecule has 0 spiro atoms. The van der Waals surface area contributed by atoms with Gasteiger partial charge in [-0.15, -0.1) is 0 Å². The van der Waals surface area contributed by atoms with Gasteiger partial charge in [0.05, 0.1) is 16.6 Å². The van der Waals surface area contributed by atoms with E-state index in [-0.39, 0.29) is 5.91 Å². The Morgan fingerprint density at radius 2 is 1.89 bits per heavy atom. The second-order valence-corrected chi connectivity index (χ2v) is 9.61. The number of halogens is 3. The van der Waals surface area contributed by atoms with Crippen LogP contribution in [0, 0.1) is 5.92 Å². The van der Waals surface area contributed by atoms with Crippen molar-refractivity contribution in [2.75, 3.05) is 44.2 Å². The molecule has 3 heterocycles. The molecule has 186 valence electrons. The standard InChI is InChI=1S/C26H30F3N5O/c1-18-7-9-34-23-6-5-19(16-22(23)31-24(34)15-18)25(35)30-8-10-32-11-13-33(14-12-32)21-4-2-3-20(17-21)26(27,28)29/h2-6,16-18H,7-15H2,1H3,(H,30,35)/t18-/m0/s1. The van der Waals surface area contributed by atoms with Crippen LogP contribution in [0.3, 0.4) is 0 Å². The quantitative estimate of drug-likeness (QED) is 0.589. The maximum atomic E-state index is 13.0. The monoisotopic (exact) mass is 485 g/mol. The van der Waals surface area contributed by atoms with E-state index in [9.17, 15) is 18.0 Å². The number of carbonyl (C=O) groups is 1. The summed E-state index contributed by atoms with van der Waals surface area (Å²) < 4.78 is 41.3. The number of benzene rings is 2. The van der Waals surface area contributed by atoms with E-state index in [2.05, 4.69) is 21.7 Å². The lowest BCUT2D eigenvalue weighted by Gasteiger charge is -2.36. The van der Waals surface area contributed by atoms with Gasteiger partial charge < -0.3 is 14.8 Å². The number of anilines is 1. The molecule has 6 nitrogen and oxygen atoms in total. The summed E-state index contributed by atoms with van der Waals surface area (Å²) in [6.45, 7) is 7.18. The van der Waals surface area contributed by atoms with Crippen molar-refractivity contribution >= 4 is 22.6 Å². The van der Waals surface area contributed by atoms with Gasteiger partial charge in [-0.2, -0.15) is 13.2 Å². The number of rotatable bonds is 5. The molecule has 2 aliphatic rings. The highest BCUT2D eigenvalue weighted by molar-refractivity contribution is 5.97. The second-order valence-electron chi connectivity index (χ2n) is 9.61. The minimum Gasteiger partial charge on any atom is -0.369 e. The number of alkyl halides is 3. The molecule has 1 saturated heterocycles. The first kappa shape index (κ1) is 23.7. The van der Waals surface area contributed by atoms with Crippen molar-refractivity contribution in [1.82, 2.24) is 19.8 Å². The molecule has 9 heteroatoms. The zero-order chi connectivity index (χ0) is 24.6. The van der Waals surface area contributed by atoms with E-state index >= 15 is 0 Å². The number of nitrogens with one attached hydrogen (secondary N) is 1. The van der Waals surface area contributed by atoms with Crippen LogP contribution in [0.4, 0.5) is 18.9 Å². The Morgan fingerprint density at radius 3 is 2.66 bits per heavy atom. The fraction of sp³-hybridized carbons (Fsp3) is 0.462. The SMILES string of the molecule is C[C@H]1CCn2c(nc3cc(C(=O)NCCN4CCN(c5cccc(C(F)(F)F)c5)CC4)ccc32)C1. The van der Waals surface area contributed by atoms with Gasteiger partial charge in [-0.05, 0) is 48.7 Å². The van der Waals surface area contributed by atoms with Crippen molar-refractivity contribution in [3.63, 3.8) is 0 Å². The van der Waals surface area contributed by atoms with Crippen LogP contribution in [0.2, 0.25) is 0 Å². The van der Waals surface area contributed by atoms with Crippen molar-refractivity contribution in [3.8, 4) is 0 Å². The number of hydrogen-bond donors (Lipinski definition) is 1. The van der Waals surface area contributed by atoms with Crippen LogP contribution in [-0.4, -0.2) is 59.6 Å². The molecule has 1 atom stereocenters. The number of aromatic nitrogens is 2. The van der Waals surface area contributed by atoms with E-state index < -0.39 is 11.7 Å². The summed E-state index contributed by atoms with van der Waals surface area (Å²) in [4.78, 5) is 21.7. The molecule has 0 saturated carbocycles. The number of amides is 1. The maximum absolute atomic E-state index is 13.0. The molecule has 35 heavy (non-hydrogen) atoms. The van der Waals surface area contributed by atoms with Crippen molar-refractivity contribution in [3.05, 3.63) is 59.4 Å². The first-order valence-electron chi connectivity index (χ1n) is 12.2. The zero-order valence-corrected chi connectivity index (χ0v) is 19.8. The summed E-state index contributed by atoms with van der Waals surface area (Å²) in [5.41, 5.74) is 2.53. The minimum atomic E-state index is -4.34. The summed E-state index contributed by atoms with van der Waals surface area (Å²) in [5, 5.41) is 2.99. The highest BCUT2D eigenvalue weighted by Crippen LogP contribution is 2.32. The molecule has 1 N–H and O–H groups in total. The minimum absolute atomic E-state index is 0.117. The van der Waals surface area contributed by atoms with Crippen LogP contribution in [0.1, 0.15) is 35.1 Å². The molecule has 2 aliphatic heterocycles. The van der Waals surface area contributed by atoms with E-state index in [0.717, 1.165) is 55.4 Å². The summed E-state index contributed by atoms with van der Waals surface area (Å²) >= 11 is 0. The number of piperazine rings is 1. The molecular weight excluding hydrogens is 455 g/mol. The number of hydrogen-bond acceptors (Lipinski definition) is 4. The van der Waals surface area contributed by atoms with Crippen LogP contribution in [0.15, 0.2) is 42.5 Å². The van der Waals surface area contributed by atoms with E-state index in [0.29, 0.717) is 43.3 Å². The van der Waals surface area contributed by atoms with Crippen LogP contribution < -0.4 is 10.2 Å². The second kappa shape index (κ2) is 9.53. The highest BCUT2D eigenvalue weighted by Gasteiger charge is 2.31. The Bertz CT molecular complexity index is 1210. The van der Waals surface area contributed by atoms with Crippen molar-refractivity contribution in [1.29, 1.82) is 0 Å². The van der Waals surface area contributed by atoms with E-state index in [1.807, 2.05) is 23.1 Å². The van der Waals surface area contributed by atoms with Gasteiger partial charge in [0.25, 0.3) is 5.91 Å². The number of imidazole rings is 1. The number of aryl methyl sites for hydroxylation is 1. The average Bonchev–Trinajstić information content (AvgIpc) is 3.20. The van der Waals surface area contributed by atoms with Gasteiger partial charge in [0.15, 0.2) is 0 Å². The molecule has 0 unspecified atom stereocenters. The Kier molecular flexibility index (Phi) is 6.44. The Morgan fingerprint density at radius 1 is 1.09 bits per heavy atom. The summed E-state index contributed by atoms with van der Waals surface area (Å²) in [6, 6.07) is 11.2. The normalized spacial score (nSPS) is 19.1. The fourth-order valence-electron chi connectivity index (χ4n) is 5.03. The Hall–Kier alpha value is -3.07. The molecule has 3 aromatic rings. The molecule has 1 aromatic heterocycles. The molecule has 1 amide bonds. The van der Waals surface area contributed by atoms with Gasteiger partial charge in [-0.25, -0.2) is 4.98 Å². The largest absolute Gasteiger partial charge is 0.416 e. The van der Waals surface area contributed by atoms with Crippen LogP contribution in [0.5, 0.6) is 0 Å². The predicted octanol–water partition coefficient (Wildman–Crippen LogP) is 4.19. The lowest BCUT2D eigenvalue weighted by atomic mass is 10.0. The van der Waals surface area contributed by atoms with E-state index in [1.54, 1.807) is 6.07 Å². The van der Waals surface area contributed by atoms with Gasteiger partial charge in [0.2, 0.25) is 0 Å². The molecular formula is C26H30F3N5O. The molecule has 1 fully saturated rings. The molecule has 0 bridgehead atoms. The maximum Gasteiger partial charge on any atom is 0.416 e. The van der Waals surface area contributed by atoms with E-state index in [1.165, 1.54) is 12.1 Å². The van der Waals surface area contributed by atoms with Crippen LogP contribution in [0.25, 0.3) is 11.0 Å². The number of nitrogens with zero attached hydrogens (tertiary/aromatic N) is 4. The Balaban J connectivity index is 1.12. The van der Waals surface area contributed by atoms with Crippen LogP contribution in [-0.2, 0) is 19.1 Å². The average molecular weight is 486 g/mol. The third-order valence-electron chi connectivity index (χ3n) is 7.09. The molecule has 2 aromatic carbocycles. The van der Waals surface area contributed by atoms with Crippen molar-refractivity contribution in [2.24, 2.45) is 5.92 Å². The third kappa shape index (κ3) is 5.15. The van der Waals surface area contributed by atoms with Crippen molar-refractivity contribution in [2.45, 2.75) is 32.5 Å². The summed E-state index contributed by atoms with van der Waals surface area (Å²) in [5.74, 6) is 1.61. The summed E-state index contributed by atoms with van der Waals surface area (Å²) in [7, 11) is 0. The smallest absolute Gasteiger partial charge is 0.369 e. The van der Waals surface area contributed by atoms with Crippen LogP contribution >= 0.6 is 0 Å². The van der Waals surface area contributed by atoms with Gasteiger partial charge in [-0.1, -0.05) is 13.0 Å². The van der Waals surface area contributed by atoms with E-state index in [4.69, 9.17) is 4.98 Å². The molecule has 5 rings (SSSR count). The van der Waals surface area contributed by atoms with Crippen molar-refractivity contribution < 1.29 is 18.0 Å². The number of fused-ring (bicyclic) bond motifs is 3. The third-order valence-corrected chi connectivity index (χ3v) is 7.09. The summed E-state index contributed by atoms with van der Waals surface area (Å²) in [6.07, 6.45) is -2.22. The first-order chi connectivity index (χ1) is 16.8. The highest BCUT2D eigenvalue weighted by atomic mass is 19.4. The topological polar surface area (TPSA) is 53.4 Å². The lowest BCUT2D eigenvalue weighted by molar-refractivity contribution is -0.137. The van der Waals surface area contributed by atoms with Gasteiger partial charge >= 0.3 is 6.18 Å². The predicted molar refractivity (Wildman–Crippen MR) is 130 cm³/mol. The van der Waals surface area contributed by atoms with Gasteiger partial charge in [-0.3, -0.25) is 9.69 Å². The zero-order valence-electron chi connectivity index (χ0n) is 19.8. The Labute approximate surface area is 202 Å². The lowest BCUT2D eigenvalue weighted by Crippen LogP contribution is -2.48.